The molecular formula is C57H53BrN12Sn. The van der Waals surface area contributed by atoms with Crippen LogP contribution < -0.4 is 25.7 Å². The first-order valence-electron chi connectivity index (χ1n) is 22.5. The normalized spacial score (nSPS) is 11.2. The number of nitrogens with one attached hydrogen (secondary N) is 2. The first kappa shape index (κ1) is 52.3. The number of aromatic nitrogens is 4. The molecule has 352 valence electrons. The van der Waals surface area contributed by atoms with Crippen LogP contribution in [0.3, 0.4) is 0 Å². The third-order valence-electron chi connectivity index (χ3n) is 11.6. The summed E-state index contributed by atoms with van der Waals surface area (Å²) in [6.45, 7) is 12.1. The van der Waals surface area contributed by atoms with Crippen LogP contribution in [0.25, 0.3) is 44.1 Å². The first-order chi connectivity index (χ1) is 33.8. The summed E-state index contributed by atoms with van der Waals surface area (Å²) < 4.78 is 2.48. The number of rotatable bonds is 8. The molecule has 2 aromatic heterocycles. The molecule has 0 saturated heterocycles. The number of nitrogens with zero attached hydrogens (tertiary/aromatic N) is 8. The quantitative estimate of drug-likeness (QED) is 0.0824. The second kappa shape index (κ2) is 23.0. The molecule has 6 aromatic carbocycles. The van der Waals surface area contributed by atoms with E-state index in [0.717, 1.165) is 82.2 Å². The molecule has 12 nitrogen and oxygen atoms in total. The number of benzene rings is 6. The number of fused-ring (bicyclic) bond motifs is 2. The molecule has 8 aromatic rings. The van der Waals surface area contributed by atoms with Crippen molar-refractivity contribution in [2.45, 2.75) is 56.4 Å². The van der Waals surface area contributed by atoms with Gasteiger partial charge in [-0.05, 0) is 122 Å². The third kappa shape index (κ3) is 12.8. The molecule has 0 saturated carbocycles. The molecule has 0 spiro atoms. The molecule has 2 heterocycles. The van der Waals surface area contributed by atoms with Gasteiger partial charge >= 0.3 is 146 Å². The third-order valence-corrected chi connectivity index (χ3v) is 18.6. The average molecular weight is 1100 g/mol. The number of allylic oxidation sites excluding steroid dienone is 4. The van der Waals surface area contributed by atoms with Crippen molar-refractivity contribution in [1.82, 2.24) is 19.9 Å². The molecule has 14 heteroatoms. The van der Waals surface area contributed by atoms with Crippen LogP contribution in [0.15, 0.2) is 126 Å². The number of hydrogen-bond donors (Lipinski definition) is 4. The topological polar surface area (TPSA) is 223 Å². The van der Waals surface area contributed by atoms with Crippen LogP contribution in [-0.2, 0) is 0 Å². The van der Waals surface area contributed by atoms with Gasteiger partial charge in [0.25, 0.3) is 0 Å². The number of halogens is 1. The predicted molar refractivity (Wildman–Crippen MR) is 297 cm³/mol. The second-order valence-electron chi connectivity index (χ2n) is 18.0. The van der Waals surface area contributed by atoms with E-state index in [9.17, 15) is 0 Å². The van der Waals surface area contributed by atoms with Crippen molar-refractivity contribution in [3.8, 4) is 35.4 Å². The molecule has 0 aliphatic carbocycles. The van der Waals surface area contributed by atoms with E-state index in [-0.39, 0.29) is 0 Å². The molecule has 71 heavy (non-hydrogen) atoms. The fraction of sp³-hybridized carbons (Fsp3) is 0.158. The number of anilines is 6. The monoisotopic (exact) mass is 1100 g/mol. The number of nitriles is 4. The summed E-state index contributed by atoms with van der Waals surface area (Å²) in [6, 6.07) is 43.0. The Morgan fingerprint density at radius 2 is 0.972 bits per heavy atom. The summed E-state index contributed by atoms with van der Waals surface area (Å²) in [6.07, 6.45) is 3.13. The van der Waals surface area contributed by atoms with Crippen LogP contribution in [0.2, 0.25) is 14.8 Å². The molecule has 0 aliphatic heterocycles. The predicted octanol–water partition coefficient (Wildman–Crippen LogP) is 13.4. The average Bonchev–Trinajstić information content (AvgIpc) is 3.33. The number of aryl methyl sites for hydroxylation is 4. The first-order valence-corrected chi connectivity index (χ1v) is 33.3. The van der Waals surface area contributed by atoms with Crippen molar-refractivity contribution in [3.63, 3.8) is 0 Å². The Labute approximate surface area is 428 Å². The zero-order chi connectivity index (χ0) is 51.6. The van der Waals surface area contributed by atoms with E-state index in [0.29, 0.717) is 34.7 Å². The molecule has 0 atom stereocenters. The fourth-order valence-electron chi connectivity index (χ4n) is 7.93. The molecule has 0 bridgehead atoms. The molecule has 0 aliphatic rings. The summed E-state index contributed by atoms with van der Waals surface area (Å²) >= 11 is 1.19. The van der Waals surface area contributed by atoms with Gasteiger partial charge in [-0.25, -0.2) is 4.98 Å². The summed E-state index contributed by atoms with van der Waals surface area (Å²) in [5.74, 6) is 1.73. The van der Waals surface area contributed by atoms with Gasteiger partial charge < -0.3 is 11.1 Å². The van der Waals surface area contributed by atoms with Crippen molar-refractivity contribution in [3.05, 3.63) is 170 Å². The Bertz CT molecular complexity index is 3500. The summed E-state index contributed by atoms with van der Waals surface area (Å²) in [5, 5.41) is 43.5. The SMILES string of the molecule is C/C(=C/C#N)c1cc(C)c(-c2cccc3c(N)nc(Nc4ccc(C#N)cc4)nc23)c(C)c1.C/C(=C/C#N)c1cc(C)c(Br)c(C)c1.[CH3][Sn]([CH3])([CH3])[c]1cccc2c(N)nc(Nc3ccc(C#N)cc3)nc12. The van der Waals surface area contributed by atoms with E-state index < -0.39 is 18.4 Å². The summed E-state index contributed by atoms with van der Waals surface area (Å²) in [4.78, 5) is 25.4. The fourth-order valence-corrected chi connectivity index (χ4v) is 12.4. The minimum absolute atomic E-state index is 0.386. The van der Waals surface area contributed by atoms with Crippen molar-refractivity contribution in [2.75, 3.05) is 22.1 Å². The van der Waals surface area contributed by atoms with Crippen molar-refractivity contribution in [1.29, 1.82) is 21.0 Å². The Balaban J connectivity index is 0.000000190. The standard InChI is InChI=1S/C27H22N6.C15H10N5.C12H12BrN.3CH3.Sn/c1-16(11-12-28)20-13-17(2)24(18(3)14-20)22-5-4-6-23-25(22)32-27(33-26(23)30)31-21-9-7-19(15-29)8-10-21;16-9-10-5-7-11(8-6-10)18-15-19-13-4-2-1-3-12(13)14(17)20-15;1-8(4-5-14)11-6-9(2)12(13)10(3)7-11;;;;/h4-11,13-14H,1-3H3,(H3,30,31,32,33);1-3,5-8H,(H3,17,18,19,20);4,6-7H,1-3H3;3*1H3;/b16-11-;;8-4-;;;;. The number of nitrogen functional groups attached to an aromatic ring is 2. The summed E-state index contributed by atoms with van der Waals surface area (Å²) in [7, 11) is 0. The summed E-state index contributed by atoms with van der Waals surface area (Å²) in [5.41, 5.74) is 27.6. The van der Waals surface area contributed by atoms with Gasteiger partial charge in [0.05, 0.1) is 29.3 Å². The van der Waals surface area contributed by atoms with Gasteiger partial charge in [-0.3, -0.25) is 0 Å². The van der Waals surface area contributed by atoms with Gasteiger partial charge in [-0.15, -0.1) is 0 Å². The van der Waals surface area contributed by atoms with Crippen LogP contribution in [0.1, 0.15) is 58.4 Å². The van der Waals surface area contributed by atoms with E-state index in [1.165, 1.54) is 14.7 Å². The second-order valence-corrected chi connectivity index (χ2v) is 33.1. The molecule has 0 fully saturated rings. The Morgan fingerprint density at radius 1 is 0.563 bits per heavy atom. The van der Waals surface area contributed by atoms with Crippen LogP contribution >= 0.6 is 15.9 Å². The number of hydrogen-bond acceptors (Lipinski definition) is 12. The van der Waals surface area contributed by atoms with E-state index in [1.54, 1.807) is 48.6 Å². The van der Waals surface area contributed by atoms with Gasteiger partial charge in [-0.2, -0.15) is 20.8 Å². The van der Waals surface area contributed by atoms with Crippen LogP contribution in [0, 0.1) is 73.0 Å². The van der Waals surface area contributed by atoms with Gasteiger partial charge in [0, 0.05) is 33.3 Å². The molecular weight excluding hydrogens is 1050 g/mol. The van der Waals surface area contributed by atoms with Gasteiger partial charge in [-0.1, -0.05) is 52.3 Å². The van der Waals surface area contributed by atoms with E-state index >= 15 is 0 Å². The van der Waals surface area contributed by atoms with E-state index in [2.05, 4.69) is 128 Å². The maximum absolute atomic E-state index is 9.00. The van der Waals surface area contributed by atoms with Gasteiger partial charge in [0.2, 0.25) is 5.95 Å². The Morgan fingerprint density at radius 3 is 1.39 bits per heavy atom. The zero-order valence-corrected chi connectivity index (χ0v) is 45.6. The zero-order valence-electron chi connectivity index (χ0n) is 41.2. The van der Waals surface area contributed by atoms with Crippen LogP contribution in [0.5, 0.6) is 0 Å². The van der Waals surface area contributed by atoms with Crippen molar-refractivity contribution < 1.29 is 0 Å². The van der Waals surface area contributed by atoms with E-state index in [4.69, 9.17) is 42.5 Å². The molecule has 0 unspecified atom stereocenters. The van der Waals surface area contributed by atoms with Crippen molar-refractivity contribution in [2.24, 2.45) is 0 Å². The van der Waals surface area contributed by atoms with Crippen LogP contribution in [-0.4, -0.2) is 38.3 Å². The molecule has 8 rings (SSSR count). The number of nitrogens with two attached hydrogens (primary N) is 2. The Hall–Kier alpha value is -8.08. The Kier molecular flexibility index (Phi) is 17.0. The van der Waals surface area contributed by atoms with Gasteiger partial charge in [0.1, 0.15) is 5.82 Å². The molecule has 6 N–H and O–H groups in total. The van der Waals surface area contributed by atoms with E-state index in [1.807, 2.05) is 62.4 Å². The molecule has 0 amide bonds. The minimum atomic E-state index is -2.33. The maximum atomic E-state index is 9.00. The van der Waals surface area contributed by atoms with Gasteiger partial charge in [0.15, 0.2) is 0 Å². The van der Waals surface area contributed by atoms with Crippen LogP contribution in [0.4, 0.5) is 34.9 Å². The number of para-hydroxylation sites is 2. The van der Waals surface area contributed by atoms with Crippen molar-refractivity contribution >= 4 is 106 Å². The molecule has 0 radical (unpaired) electrons.